The predicted octanol–water partition coefficient (Wildman–Crippen LogP) is 3.82. The molecule has 28 heavy (non-hydrogen) atoms. The van der Waals surface area contributed by atoms with E-state index in [0.29, 0.717) is 18.7 Å². The smallest absolute Gasteiger partial charge is 0.307 e. The molecule has 2 heterocycles. The van der Waals surface area contributed by atoms with Crippen LogP contribution in [0.2, 0.25) is 0 Å². The first-order valence-electron chi connectivity index (χ1n) is 9.39. The first-order valence-corrected chi connectivity index (χ1v) is 11.0. The van der Waals surface area contributed by atoms with Gasteiger partial charge in [-0.1, -0.05) is 23.5 Å². The van der Waals surface area contributed by atoms with Crippen LogP contribution in [0.25, 0.3) is 0 Å². The molecule has 1 N–H and O–H groups in total. The van der Waals surface area contributed by atoms with Crippen molar-refractivity contribution in [2.75, 3.05) is 31.1 Å². The highest BCUT2D eigenvalue weighted by Crippen LogP contribution is 2.29. The lowest BCUT2D eigenvalue weighted by molar-refractivity contribution is -0.136. The van der Waals surface area contributed by atoms with Gasteiger partial charge in [-0.25, -0.2) is 4.98 Å². The first kappa shape index (κ1) is 21.1. The average molecular weight is 468 g/mol. The van der Waals surface area contributed by atoms with Gasteiger partial charge in [0.15, 0.2) is 5.13 Å². The second-order valence-corrected chi connectivity index (χ2v) is 9.69. The maximum Gasteiger partial charge on any atom is 0.307 e. The van der Waals surface area contributed by atoms with E-state index in [9.17, 15) is 4.79 Å². The number of hydrogen-bond donors (Lipinski definition) is 1. The number of carbonyl (C=O) groups is 1. The molecule has 0 spiro atoms. The van der Waals surface area contributed by atoms with Crippen molar-refractivity contribution < 1.29 is 14.6 Å². The van der Waals surface area contributed by atoms with Crippen LogP contribution in [0, 0.1) is 6.92 Å². The van der Waals surface area contributed by atoms with E-state index in [1.54, 1.807) is 11.3 Å². The Kier molecular flexibility index (Phi) is 6.95. The molecule has 0 radical (unpaired) electrons. The fourth-order valence-corrected chi connectivity index (χ4v) is 4.89. The second-order valence-electron chi connectivity index (χ2n) is 7.31. The normalized spacial score (nSPS) is 20.4. The number of aromatic nitrogens is 1. The highest BCUT2D eigenvalue weighted by Gasteiger charge is 2.30. The minimum Gasteiger partial charge on any atom is -0.492 e. The molecular formula is C20H26BrN3O3S. The number of thiazole rings is 1. The summed E-state index contributed by atoms with van der Waals surface area (Å²) in [6, 6.07) is 6.40. The monoisotopic (exact) mass is 467 g/mol. The fourth-order valence-electron chi connectivity index (χ4n) is 3.69. The van der Waals surface area contributed by atoms with E-state index in [0.717, 1.165) is 45.4 Å². The highest BCUT2D eigenvalue weighted by atomic mass is 79.9. The molecule has 0 aliphatic carbocycles. The predicted molar refractivity (Wildman–Crippen MR) is 116 cm³/mol. The number of aliphatic carboxylic acids is 1. The molecule has 0 saturated carbocycles. The van der Waals surface area contributed by atoms with Gasteiger partial charge in [0.05, 0.1) is 16.4 Å². The van der Waals surface area contributed by atoms with Crippen molar-refractivity contribution >= 4 is 38.4 Å². The quantitative estimate of drug-likeness (QED) is 0.667. The van der Waals surface area contributed by atoms with E-state index in [-0.39, 0.29) is 6.42 Å². The van der Waals surface area contributed by atoms with Gasteiger partial charge in [-0.3, -0.25) is 9.69 Å². The van der Waals surface area contributed by atoms with E-state index in [2.05, 4.69) is 44.6 Å². The number of hydrogen-bond acceptors (Lipinski definition) is 6. The molecule has 8 heteroatoms. The summed E-state index contributed by atoms with van der Waals surface area (Å²) in [5.74, 6) is -0.0621. The van der Waals surface area contributed by atoms with Crippen LogP contribution < -0.4 is 9.64 Å². The number of carboxylic acids is 1. The summed E-state index contributed by atoms with van der Waals surface area (Å²) in [5.41, 5.74) is 1.78. The molecule has 1 aliphatic rings. The third kappa shape index (κ3) is 5.24. The van der Waals surface area contributed by atoms with E-state index >= 15 is 0 Å². The second kappa shape index (κ2) is 9.24. The number of rotatable bonds is 7. The molecule has 0 unspecified atom stereocenters. The molecule has 1 saturated heterocycles. The molecule has 1 aliphatic heterocycles. The van der Waals surface area contributed by atoms with Crippen molar-refractivity contribution in [3.8, 4) is 5.75 Å². The zero-order valence-electron chi connectivity index (χ0n) is 16.4. The number of nitrogens with zero attached hydrogens (tertiary/aromatic N) is 3. The number of ether oxygens (including phenoxy) is 1. The molecule has 2 aromatic rings. The Balaban J connectivity index is 1.56. The van der Waals surface area contributed by atoms with Crippen LogP contribution in [0.4, 0.5) is 5.13 Å². The molecule has 6 nitrogen and oxygen atoms in total. The van der Waals surface area contributed by atoms with E-state index in [1.807, 2.05) is 31.3 Å². The lowest BCUT2D eigenvalue weighted by atomic mass is 10.1. The van der Waals surface area contributed by atoms with Crippen molar-refractivity contribution in [2.45, 2.75) is 39.3 Å². The van der Waals surface area contributed by atoms with Gasteiger partial charge in [0, 0.05) is 31.7 Å². The lowest BCUT2D eigenvalue weighted by Crippen LogP contribution is -2.57. The maximum atomic E-state index is 10.9. The van der Waals surface area contributed by atoms with E-state index < -0.39 is 5.97 Å². The Hall–Kier alpha value is -1.64. The Morgan fingerprint density at radius 1 is 1.36 bits per heavy atom. The van der Waals surface area contributed by atoms with Crippen LogP contribution in [-0.4, -0.2) is 59.3 Å². The molecular weight excluding hydrogens is 442 g/mol. The summed E-state index contributed by atoms with van der Waals surface area (Å²) in [4.78, 5) is 20.2. The average Bonchev–Trinajstić information content (AvgIpc) is 3.05. The zero-order valence-corrected chi connectivity index (χ0v) is 18.8. The number of carboxylic acid groups (broad SMARTS) is 1. The van der Waals surface area contributed by atoms with Crippen molar-refractivity contribution in [1.82, 2.24) is 9.88 Å². The van der Waals surface area contributed by atoms with Crippen molar-refractivity contribution in [2.24, 2.45) is 0 Å². The van der Waals surface area contributed by atoms with Gasteiger partial charge in [-0.05, 0) is 53.9 Å². The Bertz CT molecular complexity index is 817. The number of piperazine rings is 1. The van der Waals surface area contributed by atoms with Crippen LogP contribution in [0.15, 0.2) is 28.2 Å². The maximum absolute atomic E-state index is 10.9. The molecule has 2 atom stereocenters. The van der Waals surface area contributed by atoms with Crippen molar-refractivity contribution in [3.05, 3.63) is 39.3 Å². The SMILES string of the molecule is Cc1ccc(CC(=O)O)cc1OCCN1[C@H](C)CN(c2ncc(Br)s2)C[C@@H]1C. The van der Waals surface area contributed by atoms with Crippen LogP contribution in [0.1, 0.15) is 25.0 Å². The van der Waals surface area contributed by atoms with E-state index in [4.69, 9.17) is 9.84 Å². The largest absolute Gasteiger partial charge is 0.492 e. The molecule has 3 rings (SSSR count). The molecule has 1 fully saturated rings. The van der Waals surface area contributed by atoms with Gasteiger partial charge in [0.25, 0.3) is 0 Å². The van der Waals surface area contributed by atoms with Gasteiger partial charge >= 0.3 is 5.97 Å². The minimum absolute atomic E-state index is 0.0134. The van der Waals surface area contributed by atoms with E-state index in [1.165, 1.54) is 0 Å². The Morgan fingerprint density at radius 2 is 2.07 bits per heavy atom. The third-order valence-corrected chi connectivity index (χ3v) is 6.59. The highest BCUT2D eigenvalue weighted by molar-refractivity contribution is 9.11. The summed E-state index contributed by atoms with van der Waals surface area (Å²) >= 11 is 5.16. The van der Waals surface area contributed by atoms with Crippen LogP contribution in [0.5, 0.6) is 5.75 Å². The van der Waals surface area contributed by atoms with Gasteiger partial charge in [0.2, 0.25) is 0 Å². The van der Waals surface area contributed by atoms with Crippen molar-refractivity contribution in [3.63, 3.8) is 0 Å². The van der Waals surface area contributed by atoms with Crippen LogP contribution >= 0.6 is 27.3 Å². The molecule has 1 aromatic carbocycles. The van der Waals surface area contributed by atoms with Gasteiger partial charge in [0.1, 0.15) is 12.4 Å². The summed E-state index contributed by atoms with van der Waals surface area (Å²) in [6.07, 6.45) is 1.87. The molecule has 0 bridgehead atoms. The summed E-state index contributed by atoms with van der Waals surface area (Å²) in [6.45, 7) is 9.76. The standard InChI is InChI=1S/C20H26BrN3O3S/c1-13-4-5-16(9-19(25)26)8-17(13)27-7-6-24-14(2)11-23(12-15(24)3)20-22-10-18(21)28-20/h4-5,8,10,14-15H,6-7,9,11-12H2,1-3H3,(H,25,26)/t14-,15+. The minimum atomic E-state index is -0.831. The number of benzene rings is 1. The first-order chi connectivity index (χ1) is 13.3. The van der Waals surface area contributed by atoms with Crippen LogP contribution in [-0.2, 0) is 11.2 Å². The third-order valence-electron chi connectivity index (χ3n) is 5.05. The Morgan fingerprint density at radius 3 is 2.68 bits per heavy atom. The number of anilines is 1. The van der Waals surface area contributed by atoms with Gasteiger partial charge < -0.3 is 14.7 Å². The van der Waals surface area contributed by atoms with Gasteiger partial charge in [-0.2, -0.15) is 0 Å². The summed E-state index contributed by atoms with van der Waals surface area (Å²) < 4.78 is 7.06. The summed E-state index contributed by atoms with van der Waals surface area (Å²) in [7, 11) is 0. The van der Waals surface area contributed by atoms with Gasteiger partial charge in [-0.15, -0.1) is 0 Å². The van der Waals surface area contributed by atoms with Crippen LogP contribution in [0.3, 0.4) is 0 Å². The lowest BCUT2D eigenvalue weighted by Gasteiger charge is -2.44. The van der Waals surface area contributed by atoms with Crippen molar-refractivity contribution in [1.29, 1.82) is 0 Å². The number of halogens is 1. The molecule has 1 aromatic heterocycles. The zero-order chi connectivity index (χ0) is 20.3. The molecule has 0 amide bonds. The number of aryl methyl sites for hydroxylation is 1. The fraction of sp³-hybridized carbons (Fsp3) is 0.500. The Labute approximate surface area is 178 Å². The summed E-state index contributed by atoms with van der Waals surface area (Å²) in [5, 5.41) is 10.0. The molecule has 152 valence electrons. The topological polar surface area (TPSA) is 65.9 Å².